The van der Waals surface area contributed by atoms with Crippen LogP contribution < -0.4 is 0 Å². The molecule has 1 amide bonds. The van der Waals surface area contributed by atoms with Gasteiger partial charge in [-0.25, -0.2) is 9.18 Å². The lowest BCUT2D eigenvalue weighted by Gasteiger charge is -2.17. The molecular formula is C15H13BrFNO3S. The molecule has 0 N–H and O–H groups in total. The number of hydrogen-bond donors (Lipinski definition) is 0. The van der Waals surface area contributed by atoms with Gasteiger partial charge >= 0.3 is 5.97 Å². The molecule has 22 heavy (non-hydrogen) atoms. The summed E-state index contributed by atoms with van der Waals surface area (Å²) in [7, 11) is 1.53. The predicted octanol–water partition coefficient (Wildman–Crippen LogP) is 3.47. The van der Waals surface area contributed by atoms with Crippen molar-refractivity contribution < 1.29 is 18.7 Å². The van der Waals surface area contributed by atoms with Gasteiger partial charge in [0.05, 0.1) is 3.79 Å². The Morgan fingerprint density at radius 2 is 2.00 bits per heavy atom. The quantitative estimate of drug-likeness (QED) is 0.740. The maximum atomic E-state index is 13.5. The van der Waals surface area contributed by atoms with Crippen LogP contribution in [-0.4, -0.2) is 30.4 Å². The van der Waals surface area contributed by atoms with Gasteiger partial charge in [0.25, 0.3) is 5.91 Å². The smallest absolute Gasteiger partial charge is 0.348 e. The minimum Gasteiger partial charge on any atom is -0.451 e. The molecule has 0 saturated heterocycles. The van der Waals surface area contributed by atoms with Crippen molar-refractivity contribution in [3.05, 3.63) is 56.4 Å². The van der Waals surface area contributed by atoms with Gasteiger partial charge in [0.15, 0.2) is 6.61 Å². The molecule has 1 heterocycles. The monoisotopic (exact) mass is 385 g/mol. The van der Waals surface area contributed by atoms with Crippen molar-refractivity contribution in [1.82, 2.24) is 4.90 Å². The zero-order valence-electron chi connectivity index (χ0n) is 11.7. The molecule has 2 rings (SSSR count). The number of hydrogen-bond acceptors (Lipinski definition) is 4. The van der Waals surface area contributed by atoms with Crippen LogP contribution in [0.5, 0.6) is 0 Å². The van der Waals surface area contributed by atoms with E-state index in [4.69, 9.17) is 4.74 Å². The maximum Gasteiger partial charge on any atom is 0.348 e. The number of rotatable bonds is 5. The number of halogens is 2. The molecule has 0 atom stereocenters. The van der Waals surface area contributed by atoms with Crippen molar-refractivity contribution in [1.29, 1.82) is 0 Å². The number of esters is 1. The number of amides is 1. The number of carbonyl (C=O) groups excluding carboxylic acids is 2. The first-order chi connectivity index (χ1) is 10.5. The Bertz CT molecular complexity index is 689. The van der Waals surface area contributed by atoms with E-state index in [9.17, 15) is 14.0 Å². The Morgan fingerprint density at radius 1 is 1.27 bits per heavy atom. The second kappa shape index (κ2) is 7.51. The number of nitrogens with zero attached hydrogens (tertiary/aromatic N) is 1. The van der Waals surface area contributed by atoms with Crippen LogP contribution in [-0.2, 0) is 16.1 Å². The molecule has 116 valence electrons. The molecule has 0 spiro atoms. The van der Waals surface area contributed by atoms with Gasteiger partial charge in [-0.3, -0.25) is 4.79 Å². The molecule has 1 aromatic heterocycles. The highest BCUT2D eigenvalue weighted by atomic mass is 79.9. The zero-order chi connectivity index (χ0) is 16.1. The van der Waals surface area contributed by atoms with Gasteiger partial charge < -0.3 is 9.64 Å². The normalized spacial score (nSPS) is 10.3. The van der Waals surface area contributed by atoms with E-state index in [1.807, 2.05) is 0 Å². The second-order valence-electron chi connectivity index (χ2n) is 4.52. The Labute approximate surface area is 139 Å². The van der Waals surface area contributed by atoms with Gasteiger partial charge in [-0.2, -0.15) is 0 Å². The molecule has 2 aromatic rings. The van der Waals surface area contributed by atoms with E-state index in [0.717, 1.165) is 3.79 Å². The number of carbonyl (C=O) groups is 2. The third-order valence-corrected chi connectivity index (χ3v) is 4.50. The summed E-state index contributed by atoms with van der Waals surface area (Å²) in [6.45, 7) is -0.257. The van der Waals surface area contributed by atoms with E-state index in [-0.39, 0.29) is 19.0 Å². The SMILES string of the molecule is CN(Cc1ccccc1F)C(=O)COC(=O)c1ccc(Br)s1. The minimum atomic E-state index is -0.552. The molecule has 7 heteroatoms. The Kier molecular flexibility index (Phi) is 5.68. The minimum absolute atomic E-state index is 0.119. The fraction of sp³-hybridized carbons (Fsp3) is 0.200. The van der Waals surface area contributed by atoms with Crippen molar-refractivity contribution in [3.63, 3.8) is 0 Å². The lowest BCUT2D eigenvalue weighted by molar-refractivity contribution is -0.133. The van der Waals surface area contributed by atoms with E-state index >= 15 is 0 Å². The van der Waals surface area contributed by atoms with Gasteiger partial charge in [0.2, 0.25) is 0 Å². The third kappa shape index (κ3) is 4.38. The third-order valence-electron chi connectivity index (χ3n) is 2.89. The summed E-state index contributed by atoms with van der Waals surface area (Å²) in [6.07, 6.45) is 0. The van der Waals surface area contributed by atoms with E-state index in [1.165, 1.54) is 29.4 Å². The number of ether oxygens (including phenoxy) is 1. The van der Waals surface area contributed by atoms with Crippen LogP contribution in [0, 0.1) is 5.82 Å². The average Bonchev–Trinajstić information content (AvgIpc) is 2.93. The molecule has 0 unspecified atom stereocenters. The summed E-state index contributed by atoms with van der Waals surface area (Å²) < 4.78 is 19.3. The van der Waals surface area contributed by atoms with Gasteiger partial charge in [-0.1, -0.05) is 18.2 Å². The topological polar surface area (TPSA) is 46.6 Å². The molecule has 0 saturated carbocycles. The van der Waals surface area contributed by atoms with E-state index < -0.39 is 11.9 Å². The molecule has 4 nitrogen and oxygen atoms in total. The highest BCUT2D eigenvalue weighted by molar-refractivity contribution is 9.11. The number of benzene rings is 1. The van der Waals surface area contributed by atoms with Crippen molar-refractivity contribution in [2.24, 2.45) is 0 Å². The second-order valence-corrected chi connectivity index (χ2v) is 6.98. The number of thiophene rings is 1. The van der Waals surface area contributed by atoms with Crippen molar-refractivity contribution in [2.75, 3.05) is 13.7 Å². The maximum absolute atomic E-state index is 13.5. The lowest BCUT2D eigenvalue weighted by atomic mass is 10.2. The van der Waals surface area contributed by atoms with Crippen molar-refractivity contribution in [3.8, 4) is 0 Å². The van der Waals surface area contributed by atoms with E-state index in [1.54, 1.807) is 30.3 Å². The first kappa shape index (κ1) is 16.6. The Hall–Kier alpha value is -1.73. The predicted molar refractivity (Wildman–Crippen MR) is 85.2 cm³/mol. The summed E-state index contributed by atoms with van der Waals surface area (Å²) >= 11 is 4.48. The summed E-state index contributed by atoms with van der Waals surface area (Å²) in [5.41, 5.74) is 0.409. The zero-order valence-corrected chi connectivity index (χ0v) is 14.1. The van der Waals surface area contributed by atoms with Crippen LogP contribution in [0.2, 0.25) is 0 Å². The lowest BCUT2D eigenvalue weighted by Crippen LogP contribution is -2.31. The fourth-order valence-electron chi connectivity index (χ4n) is 1.70. The molecule has 0 bridgehead atoms. The standard InChI is InChI=1S/C15H13BrFNO3S/c1-18(8-10-4-2-3-5-11(10)17)14(19)9-21-15(20)12-6-7-13(16)22-12/h2-7H,8-9H2,1H3. The van der Waals surface area contributed by atoms with Gasteiger partial charge in [-0.05, 0) is 34.1 Å². The summed E-state index contributed by atoms with van der Waals surface area (Å²) in [5, 5.41) is 0. The van der Waals surface area contributed by atoms with Crippen LogP contribution >= 0.6 is 27.3 Å². The van der Waals surface area contributed by atoms with Gasteiger partial charge in [-0.15, -0.1) is 11.3 Å². The number of likely N-dealkylation sites (N-methyl/N-ethyl adjacent to an activating group) is 1. The van der Waals surface area contributed by atoms with Crippen molar-refractivity contribution in [2.45, 2.75) is 6.54 Å². The molecule has 0 aliphatic rings. The first-order valence-corrected chi connectivity index (χ1v) is 7.98. The van der Waals surface area contributed by atoms with Crippen LogP contribution in [0.25, 0.3) is 0 Å². The average molecular weight is 386 g/mol. The molecular weight excluding hydrogens is 373 g/mol. The van der Waals surface area contributed by atoms with E-state index in [0.29, 0.717) is 10.4 Å². The Morgan fingerprint density at radius 3 is 2.64 bits per heavy atom. The Balaban J connectivity index is 1.86. The highest BCUT2D eigenvalue weighted by Crippen LogP contribution is 2.22. The fourth-order valence-corrected chi connectivity index (χ4v) is 2.98. The summed E-state index contributed by atoms with van der Waals surface area (Å²) in [5.74, 6) is -1.32. The summed E-state index contributed by atoms with van der Waals surface area (Å²) in [4.78, 5) is 25.4. The van der Waals surface area contributed by atoms with Crippen LogP contribution in [0.4, 0.5) is 4.39 Å². The molecule has 0 radical (unpaired) electrons. The molecule has 1 aromatic carbocycles. The molecule has 0 aliphatic heterocycles. The van der Waals surface area contributed by atoms with Gasteiger partial charge in [0, 0.05) is 19.2 Å². The molecule has 0 fully saturated rings. The summed E-state index contributed by atoms with van der Waals surface area (Å²) in [6, 6.07) is 9.57. The van der Waals surface area contributed by atoms with Crippen LogP contribution in [0.15, 0.2) is 40.2 Å². The van der Waals surface area contributed by atoms with E-state index in [2.05, 4.69) is 15.9 Å². The molecule has 0 aliphatic carbocycles. The van der Waals surface area contributed by atoms with Crippen LogP contribution in [0.3, 0.4) is 0 Å². The highest BCUT2D eigenvalue weighted by Gasteiger charge is 2.16. The van der Waals surface area contributed by atoms with Gasteiger partial charge in [0.1, 0.15) is 10.7 Å². The largest absolute Gasteiger partial charge is 0.451 e. The first-order valence-electron chi connectivity index (χ1n) is 6.37. The van der Waals surface area contributed by atoms with Crippen LogP contribution in [0.1, 0.15) is 15.2 Å². The van der Waals surface area contributed by atoms with Crippen molar-refractivity contribution >= 4 is 39.1 Å².